The second-order valence-electron chi connectivity index (χ2n) is 2.84. The molecule has 0 fully saturated rings. The minimum atomic E-state index is -4.37. The van der Waals surface area contributed by atoms with Crippen molar-refractivity contribution in [1.82, 2.24) is 4.98 Å². The van der Waals surface area contributed by atoms with Crippen LogP contribution in [-0.4, -0.2) is 26.2 Å². The SMILES string of the molecule is CC(C(=O)c1ccccn1)P(=O)(O)O. The van der Waals surface area contributed by atoms with E-state index in [1.807, 2.05) is 0 Å². The Kier molecular flexibility index (Phi) is 3.16. The maximum atomic E-state index is 11.4. The zero-order valence-electron chi connectivity index (χ0n) is 7.49. The molecule has 0 bridgehead atoms. The molecular formula is C8H10NO4P. The van der Waals surface area contributed by atoms with Crippen molar-refractivity contribution in [3.63, 3.8) is 0 Å². The Morgan fingerprint density at radius 3 is 2.57 bits per heavy atom. The van der Waals surface area contributed by atoms with Gasteiger partial charge in [-0.3, -0.25) is 14.3 Å². The zero-order chi connectivity index (χ0) is 10.8. The van der Waals surface area contributed by atoms with Crippen LogP contribution < -0.4 is 0 Å². The minimum Gasteiger partial charge on any atom is -0.324 e. The van der Waals surface area contributed by atoms with Gasteiger partial charge >= 0.3 is 7.60 Å². The number of rotatable bonds is 3. The summed E-state index contributed by atoms with van der Waals surface area (Å²) < 4.78 is 10.8. The van der Waals surface area contributed by atoms with E-state index in [2.05, 4.69) is 4.98 Å². The molecule has 0 aromatic carbocycles. The lowest BCUT2D eigenvalue weighted by molar-refractivity contribution is 0.0978. The average molecular weight is 215 g/mol. The minimum absolute atomic E-state index is 0.0725. The first-order valence-corrected chi connectivity index (χ1v) is 5.61. The van der Waals surface area contributed by atoms with E-state index in [0.717, 1.165) is 0 Å². The maximum Gasteiger partial charge on any atom is 0.336 e. The molecule has 5 nitrogen and oxygen atoms in total. The van der Waals surface area contributed by atoms with Crippen molar-refractivity contribution in [2.75, 3.05) is 0 Å². The fourth-order valence-electron chi connectivity index (χ4n) is 0.875. The van der Waals surface area contributed by atoms with Crippen molar-refractivity contribution in [2.45, 2.75) is 12.6 Å². The van der Waals surface area contributed by atoms with Crippen LogP contribution in [0.5, 0.6) is 0 Å². The van der Waals surface area contributed by atoms with E-state index >= 15 is 0 Å². The molecule has 2 N–H and O–H groups in total. The predicted octanol–water partition coefficient (Wildman–Crippen LogP) is 0.830. The van der Waals surface area contributed by atoms with Crippen LogP contribution in [0.1, 0.15) is 17.4 Å². The molecule has 1 atom stereocenters. The summed E-state index contributed by atoms with van der Waals surface area (Å²) >= 11 is 0. The monoisotopic (exact) mass is 215 g/mol. The summed E-state index contributed by atoms with van der Waals surface area (Å²) in [4.78, 5) is 32.7. The van der Waals surface area contributed by atoms with Gasteiger partial charge in [-0.2, -0.15) is 0 Å². The summed E-state index contributed by atoms with van der Waals surface area (Å²) in [6.07, 6.45) is 1.40. The predicted molar refractivity (Wildman–Crippen MR) is 50.1 cm³/mol. The summed E-state index contributed by atoms with van der Waals surface area (Å²) in [5.74, 6) is -0.640. The molecule has 0 radical (unpaired) electrons. The first-order chi connectivity index (χ1) is 6.43. The van der Waals surface area contributed by atoms with Crippen molar-refractivity contribution in [1.29, 1.82) is 0 Å². The number of nitrogens with zero attached hydrogens (tertiary/aromatic N) is 1. The summed E-state index contributed by atoms with van der Waals surface area (Å²) in [7, 11) is -4.37. The normalized spacial score (nSPS) is 13.6. The largest absolute Gasteiger partial charge is 0.336 e. The molecule has 1 unspecified atom stereocenters. The van der Waals surface area contributed by atoms with Gasteiger partial charge in [-0.25, -0.2) is 0 Å². The molecule has 1 aromatic rings. The molecule has 0 aliphatic carbocycles. The van der Waals surface area contributed by atoms with Crippen molar-refractivity contribution in [3.8, 4) is 0 Å². The number of hydrogen-bond acceptors (Lipinski definition) is 3. The van der Waals surface area contributed by atoms with Gasteiger partial charge in [0.1, 0.15) is 11.4 Å². The number of aromatic nitrogens is 1. The molecule has 1 rings (SSSR count). The summed E-state index contributed by atoms with van der Waals surface area (Å²) in [6.45, 7) is 1.19. The van der Waals surface area contributed by atoms with Crippen LogP contribution in [-0.2, 0) is 4.57 Å². The van der Waals surface area contributed by atoms with Gasteiger partial charge in [0.15, 0.2) is 5.78 Å². The standard InChI is InChI=1S/C8H10NO4P/c1-6(14(11,12)13)8(10)7-4-2-3-5-9-7/h2-6H,1H3,(H2,11,12,13). The third kappa shape index (κ3) is 2.48. The lowest BCUT2D eigenvalue weighted by Crippen LogP contribution is -2.18. The Balaban J connectivity index is 2.93. The molecular weight excluding hydrogens is 205 g/mol. The van der Waals surface area contributed by atoms with Crippen LogP contribution >= 0.6 is 7.60 Å². The molecule has 0 aliphatic heterocycles. The second kappa shape index (κ2) is 4.00. The Bertz CT molecular complexity index is 372. The first-order valence-electron chi connectivity index (χ1n) is 3.93. The van der Waals surface area contributed by atoms with Gasteiger partial charge in [-0.15, -0.1) is 0 Å². The second-order valence-corrected chi connectivity index (χ2v) is 4.80. The van der Waals surface area contributed by atoms with E-state index in [4.69, 9.17) is 9.79 Å². The molecule has 0 amide bonds. The summed E-state index contributed by atoms with van der Waals surface area (Å²) in [6, 6.07) is 4.64. The van der Waals surface area contributed by atoms with Gasteiger partial charge in [0, 0.05) is 6.20 Å². The van der Waals surface area contributed by atoms with E-state index in [9.17, 15) is 9.36 Å². The van der Waals surface area contributed by atoms with Gasteiger partial charge in [0.25, 0.3) is 0 Å². The molecule has 0 saturated carbocycles. The van der Waals surface area contributed by atoms with Gasteiger partial charge in [0.2, 0.25) is 0 Å². The third-order valence-electron chi connectivity index (χ3n) is 1.80. The maximum absolute atomic E-state index is 11.4. The van der Waals surface area contributed by atoms with E-state index in [-0.39, 0.29) is 5.69 Å². The summed E-state index contributed by atoms with van der Waals surface area (Å²) in [5, 5.41) is 0. The molecule has 14 heavy (non-hydrogen) atoms. The number of carbonyl (C=O) groups is 1. The fourth-order valence-corrected chi connectivity index (χ4v) is 1.31. The van der Waals surface area contributed by atoms with E-state index in [1.165, 1.54) is 19.2 Å². The highest BCUT2D eigenvalue weighted by Crippen LogP contribution is 2.41. The van der Waals surface area contributed by atoms with Crippen LogP contribution in [0, 0.1) is 0 Å². The van der Waals surface area contributed by atoms with Crippen molar-refractivity contribution in [2.24, 2.45) is 0 Å². The number of hydrogen-bond donors (Lipinski definition) is 2. The molecule has 0 spiro atoms. The van der Waals surface area contributed by atoms with Crippen LogP contribution in [0.4, 0.5) is 0 Å². The van der Waals surface area contributed by atoms with Crippen LogP contribution in [0.3, 0.4) is 0 Å². The number of pyridine rings is 1. The summed E-state index contributed by atoms with van der Waals surface area (Å²) in [5.41, 5.74) is -1.26. The lowest BCUT2D eigenvalue weighted by Gasteiger charge is -2.10. The van der Waals surface area contributed by atoms with E-state index in [1.54, 1.807) is 12.1 Å². The van der Waals surface area contributed by atoms with Crippen LogP contribution in [0.2, 0.25) is 0 Å². The Morgan fingerprint density at radius 2 is 2.14 bits per heavy atom. The number of ketones is 1. The van der Waals surface area contributed by atoms with Crippen LogP contribution in [0.25, 0.3) is 0 Å². The highest BCUT2D eigenvalue weighted by atomic mass is 31.2. The molecule has 6 heteroatoms. The highest BCUT2D eigenvalue weighted by molar-refractivity contribution is 7.53. The average Bonchev–Trinajstić information content (AvgIpc) is 2.15. The van der Waals surface area contributed by atoms with Crippen molar-refractivity contribution >= 4 is 13.4 Å². The molecule has 0 aliphatic rings. The third-order valence-corrected chi connectivity index (χ3v) is 3.04. The Labute approximate surface area is 81.0 Å². The molecule has 0 saturated heterocycles. The van der Waals surface area contributed by atoms with Gasteiger partial charge in [-0.1, -0.05) is 6.07 Å². The van der Waals surface area contributed by atoms with Gasteiger partial charge in [-0.05, 0) is 19.1 Å². The fraction of sp³-hybridized carbons (Fsp3) is 0.250. The highest BCUT2D eigenvalue weighted by Gasteiger charge is 2.32. The Morgan fingerprint density at radius 1 is 1.50 bits per heavy atom. The number of carbonyl (C=O) groups excluding carboxylic acids is 1. The van der Waals surface area contributed by atoms with Crippen molar-refractivity contribution in [3.05, 3.63) is 30.1 Å². The molecule has 1 aromatic heterocycles. The lowest BCUT2D eigenvalue weighted by atomic mass is 10.2. The smallest absolute Gasteiger partial charge is 0.324 e. The first kappa shape index (κ1) is 11.0. The topological polar surface area (TPSA) is 87.5 Å². The quantitative estimate of drug-likeness (QED) is 0.576. The Hall–Kier alpha value is -1.03. The molecule has 76 valence electrons. The van der Waals surface area contributed by atoms with E-state index in [0.29, 0.717) is 0 Å². The zero-order valence-corrected chi connectivity index (χ0v) is 8.39. The van der Waals surface area contributed by atoms with Crippen LogP contribution in [0.15, 0.2) is 24.4 Å². The van der Waals surface area contributed by atoms with E-state index < -0.39 is 19.0 Å². The number of Topliss-reactive ketones (excluding diaryl/α,β-unsaturated/α-hetero) is 1. The van der Waals surface area contributed by atoms with Crippen molar-refractivity contribution < 1.29 is 19.1 Å². The molecule has 1 heterocycles. The van der Waals surface area contributed by atoms with Gasteiger partial charge < -0.3 is 9.79 Å². The van der Waals surface area contributed by atoms with Gasteiger partial charge in [0.05, 0.1) is 0 Å².